The zero-order chi connectivity index (χ0) is 11.8. The summed E-state index contributed by atoms with van der Waals surface area (Å²) in [5.41, 5.74) is 8.93. The molecule has 0 unspecified atom stereocenters. The van der Waals surface area contributed by atoms with Gasteiger partial charge in [0.25, 0.3) is 0 Å². The predicted octanol–water partition coefficient (Wildman–Crippen LogP) is 1.39. The van der Waals surface area contributed by atoms with Crippen molar-refractivity contribution in [2.24, 2.45) is 0 Å². The van der Waals surface area contributed by atoms with Gasteiger partial charge in [0.15, 0.2) is 0 Å². The highest BCUT2D eigenvalue weighted by Gasteiger charge is 2.43. The Kier molecular flexibility index (Phi) is 2.78. The first kappa shape index (κ1) is 11.2. The van der Waals surface area contributed by atoms with Crippen LogP contribution in [0.15, 0.2) is 18.2 Å². The molecular formula is C12H18N2O2. The maximum atomic E-state index is 5.88. The minimum Gasteiger partial charge on any atom is -0.398 e. The molecule has 0 spiro atoms. The first-order valence-corrected chi connectivity index (χ1v) is 5.31. The van der Waals surface area contributed by atoms with Crippen LogP contribution in [0.2, 0.25) is 0 Å². The van der Waals surface area contributed by atoms with Gasteiger partial charge in [0.05, 0.1) is 13.1 Å². The van der Waals surface area contributed by atoms with Gasteiger partial charge in [-0.15, -0.1) is 0 Å². The van der Waals surface area contributed by atoms with E-state index in [2.05, 4.69) is 11.0 Å². The predicted molar refractivity (Wildman–Crippen MR) is 64.6 cm³/mol. The maximum Gasteiger partial charge on any atom is 0.203 e. The van der Waals surface area contributed by atoms with Crippen LogP contribution in [0.3, 0.4) is 0 Å². The lowest BCUT2D eigenvalue weighted by Gasteiger charge is -2.48. The van der Waals surface area contributed by atoms with Gasteiger partial charge in [-0.3, -0.25) is 0 Å². The molecule has 1 fully saturated rings. The van der Waals surface area contributed by atoms with Crippen molar-refractivity contribution in [1.82, 2.24) is 0 Å². The molecule has 4 nitrogen and oxygen atoms in total. The van der Waals surface area contributed by atoms with Gasteiger partial charge in [0, 0.05) is 25.6 Å². The highest BCUT2D eigenvalue weighted by atomic mass is 16.7. The number of methoxy groups -OCH3 is 2. The summed E-state index contributed by atoms with van der Waals surface area (Å²) in [5.74, 6) is -0.445. The summed E-state index contributed by atoms with van der Waals surface area (Å²) < 4.78 is 10.7. The minimum atomic E-state index is -0.445. The van der Waals surface area contributed by atoms with Gasteiger partial charge in [-0.05, 0) is 24.6 Å². The second-order valence-corrected chi connectivity index (χ2v) is 4.22. The van der Waals surface area contributed by atoms with Crippen LogP contribution in [0.1, 0.15) is 5.56 Å². The summed E-state index contributed by atoms with van der Waals surface area (Å²) in [6.45, 7) is 3.48. The van der Waals surface area contributed by atoms with Gasteiger partial charge in [-0.25, -0.2) is 0 Å². The summed E-state index contributed by atoms with van der Waals surface area (Å²) in [6, 6.07) is 6.09. The molecule has 1 aliphatic heterocycles. The van der Waals surface area contributed by atoms with Gasteiger partial charge in [-0.2, -0.15) is 0 Å². The third kappa shape index (κ3) is 1.74. The van der Waals surface area contributed by atoms with E-state index in [1.165, 1.54) is 0 Å². The zero-order valence-corrected chi connectivity index (χ0v) is 9.99. The molecule has 88 valence electrons. The summed E-state index contributed by atoms with van der Waals surface area (Å²) >= 11 is 0. The van der Waals surface area contributed by atoms with Crippen LogP contribution in [0.4, 0.5) is 11.4 Å². The lowest BCUT2D eigenvalue weighted by molar-refractivity contribution is -0.219. The monoisotopic (exact) mass is 222 g/mol. The van der Waals surface area contributed by atoms with E-state index in [0.717, 1.165) is 30.0 Å². The fourth-order valence-corrected chi connectivity index (χ4v) is 1.88. The van der Waals surface area contributed by atoms with Gasteiger partial charge in [0.1, 0.15) is 0 Å². The number of nitrogens with zero attached hydrogens (tertiary/aromatic N) is 1. The largest absolute Gasteiger partial charge is 0.398 e. The Morgan fingerprint density at radius 2 is 1.88 bits per heavy atom. The van der Waals surface area contributed by atoms with Gasteiger partial charge >= 0.3 is 0 Å². The number of aryl methyl sites for hydroxylation is 1. The number of hydrogen-bond acceptors (Lipinski definition) is 4. The van der Waals surface area contributed by atoms with E-state index in [4.69, 9.17) is 15.2 Å². The lowest BCUT2D eigenvalue weighted by atomic mass is 10.0. The molecule has 2 rings (SSSR count). The molecule has 0 amide bonds. The van der Waals surface area contributed by atoms with Crippen molar-refractivity contribution in [3.8, 4) is 0 Å². The molecule has 1 heterocycles. The molecule has 1 saturated heterocycles. The molecule has 0 saturated carbocycles. The van der Waals surface area contributed by atoms with Gasteiger partial charge in [0.2, 0.25) is 5.79 Å². The van der Waals surface area contributed by atoms with Crippen LogP contribution in [-0.2, 0) is 9.47 Å². The molecule has 1 aromatic rings. The molecule has 0 aromatic heterocycles. The molecule has 0 aliphatic carbocycles. The molecule has 1 aromatic carbocycles. The molecule has 0 atom stereocenters. The van der Waals surface area contributed by atoms with Gasteiger partial charge in [-0.1, -0.05) is 6.07 Å². The van der Waals surface area contributed by atoms with Crippen molar-refractivity contribution in [3.05, 3.63) is 23.8 Å². The number of rotatable bonds is 3. The van der Waals surface area contributed by atoms with Crippen LogP contribution in [0.25, 0.3) is 0 Å². The van der Waals surface area contributed by atoms with Gasteiger partial charge < -0.3 is 20.1 Å². The Labute approximate surface area is 95.9 Å². The van der Waals surface area contributed by atoms with Crippen LogP contribution in [0.5, 0.6) is 0 Å². The average molecular weight is 222 g/mol. The van der Waals surface area contributed by atoms with Crippen molar-refractivity contribution >= 4 is 11.4 Å². The summed E-state index contributed by atoms with van der Waals surface area (Å²) in [7, 11) is 3.34. The van der Waals surface area contributed by atoms with E-state index in [-0.39, 0.29) is 0 Å². The third-order valence-electron chi connectivity index (χ3n) is 3.24. The second-order valence-electron chi connectivity index (χ2n) is 4.22. The van der Waals surface area contributed by atoms with Crippen molar-refractivity contribution in [2.75, 3.05) is 37.9 Å². The van der Waals surface area contributed by atoms with Crippen molar-refractivity contribution in [2.45, 2.75) is 12.7 Å². The molecule has 2 N–H and O–H groups in total. The summed E-state index contributed by atoms with van der Waals surface area (Å²) in [4.78, 5) is 2.18. The first-order valence-electron chi connectivity index (χ1n) is 5.31. The first-order chi connectivity index (χ1) is 7.60. The van der Waals surface area contributed by atoms with E-state index in [9.17, 15) is 0 Å². The number of nitrogens with two attached hydrogens (primary N) is 1. The minimum absolute atomic E-state index is 0.445. The molecule has 1 aliphatic rings. The Morgan fingerprint density at radius 1 is 1.25 bits per heavy atom. The number of hydrogen-bond donors (Lipinski definition) is 1. The van der Waals surface area contributed by atoms with Crippen LogP contribution in [-0.4, -0.2) is 33.1 Å². The number of nitrogen functional groups attached to an aromatic ring is 1. The highest BCUT2D eigenvalue weighted by molar-refractivity contribution is 5.61. The lowest BCUT2D eigenvalue weighted by Crippen LogP contribution is -2.64. The second kappa shape index (κ2) is 3.96. The van der Waals surface area contributed by atoms with Crippen LogP contribution >= 0.6 is 0 Å². The van der Waals surface area contributed by atoms with E-state index in [1.807, 2.05) is 19.1 Å². The van der Waals surface area contributed by atoms with E-state index in [1.54, 1.807) is 14.2 Å². The van der Waals surface area contributed by atoms with Crippen molar-refractivity contribution in [1.29, 1.82) is 0 Å². The number of ether oxygens (including phenoxy) is 2. The highest BCUT2D eigenvalue weighted by Crippen LogP contribution is 2.32. The number of benzene rings is 1. The zero-order valence-electron chi connectivity index (χ0n) is 9.99. The standard InChI is InChI=1S/C12H18N2O2/c1-9-4-5-10(6-11(9)13)14-7-12(8-14,15-2)16-3/h4-6H,7-8,13H2,1-3H3. The fourth-order valence-electron chi connectivity index (χ4n) is 1.88. The Morgan fingerprint density at radius 3 is 2.38 bits per heavy atom. The van der Waals surface area contributed by atoms with E-state index < -0.39 is 5.79 Å². The normalized spacial score (nSPS) is 18.3. The smallest absolute Gasteiger partial charge is 0.203 e. The Balaban J connectivity index is 2.09. The van der Waals surface area contributed by atoms with Crippen molar-refractivity contribution in [3.63, 3.8) is 0 Å². The molecule has 0 radical (unpaired) electrons. The Hall–Kier alpha value is -1.26. The Bertz CT molecular complexity index is 381. The third-order valence-corrected chi connectivity index (χ3v) is 3.24. The quantitative estimate of drug-likeness (QED) is 0.620. The number of anilines is 2. The molecule has 16 heavy (non-hydrogen) atoms. The summed E-state index contributed by atoms with van der Waals surface area (Å²) in [6.07, 6.45) is 0. The van der Waals surface area contributed by atoms with Crippen LogP contribution in [0, 0.1) is 6.92 Å². The van der Waals surface area contributed by atoms with E-state index in [0.29, 0.717) is 0 Å². The molecule has 0 bridgehead atoms. The van der Waals surface area contributed by atoms with Crippen molar-refractivity contribution < 1.29 is 9.47 Å². The molecule has 4 heteroatoms. The fraction of sp³-hybridized carbons (Fsp3) is 0.500. The van der Waals surface area contributed by atoms with E-state index >= 15 is 0 Å². The maximum absolute atomic E-state index is 5.88. The molecular weight excluding hydrogens is 204 g/mol. The summed E-state index contributed by atoms with van der Waals surface area (Å²) in [5, 5.41) is 0. The van der Waals surface area contributed by atoms with Crippen LogP contribution < -0.4 is 10.6 Å². The topological polar surface area (TPSA) is 47.7 Å². The SMILES string of the molecule is COC1(OC)CN(c2ccc(C)c(N)c2)C1. The average Bonchev–Trinajstić information content (AvgIpc) is 2.23.